The average Bonchev–Trinajstić information content (AvgIpc) is 2.76. The molecule has 0 aliphatic heterocycles. The van der Waals surface area contributed by atoms with Gasteiger partial charge >= 0.3 is 0 Å². The molecule has 0 radical (unpaired) electrons. The van der Waals surface area contributed by atoms with Crippen molar-refractivity contribution in [2.24, 2.45) is 10.9 Å². The molecular weight excluding hydrogens is 376 g/mol. The Morgan fingerprint density at radius 1 is 1.03 bits per heavy atom. The van der Waals surface area contributed by atoms with Gasteiger partial charge in [-0.2, -0.15) is 0 Å². The van der Waals surface area contributed by atoms with Crippen molar-refractivity contribution in [3.05, 3.63) is 65.7 Å². The van der Waals surface area contributed by atoms with E-state index in [2.05, 4.69) is 46.8 Å². The van der Waals surface area contributed by atoms with E-state index in [9.17, 15) is 4.79 Å². The zero-order valence-corrected chi connectivity index (χ0v) is 18.5. The molecule has 0 aromatic heterocycles. The van der Waals surface area contributed by atoms with Crippen molar-refractivity contribution in [1.29, 1.82) is 0 Å². The second-order valence-electron chi connectivity index (χ2n) is 7.65. The summed E-state index contributed by atoms with van der Waals surface area (Å²) in [6.07, 6.45) is 1.84. The first-order chi connectivity index (χ1) is 14.5. The van der Waals surface area contributed by atoms with E-state index in [1.54, 1.807) is 26.1 Å². The van der Waals surface area contributed by atoms with Crippen LogP contribution in [0.4, 0.5) is 0 Å². The van der Waals surface area contributed by atoms with E-state index in [-0.39, 0.29) is 12.5 Å². The van der Waals surface area contributed by atoms with E-state index in [4.69, 9.17) is 4.74 Å². The SMILES string of the molecule is COc1ccc(CC(C)CNC(=NCC(=O)N(C)C)NCCc2ccccc2)cc1. The van der Waals surface area contributed by atoms with Crippen LogP contribution in [0.2, 0.25) is 0 Å². The van der Waals surface area contributed by atoms with Crippen LogP contribution in [0.1, 0.15) is 18.1 Å². The molecule has 162 valence electrons. The Morgan fingerprint density at radius 2 is 1.73 bits per heavy atom. The maximum Gasteiger partial charge on any atom is 0.243 e. The number of hydrogen-bond donors (Lipinski definition) is 2. The third-order valence-corrected chi connectivity index (χ3v) is 4.78. The van der Waals surface area contributed by atoms with Crippen LogP contribution >= 0.6 is 0 Å². The third-order valence-electron chi connectivity index (χ3n) is 4.78. The highest BCUT2D eigenvalue weighted by Gasteiger charge is 2.08. The topological polar surface area (TPSA) is 66.0 Å². The van der Waals surface area contributed by atoms with Crippen LogP contribution in [-0.2, 0) is 17.6 Å². The van der Waals surface area contributed by atoms with Crippen molar-refractivity contribution < 1.29 is 9.53 Å². The van der Waals surface area contributed by atoms with Gasteiger partial charge in [0.25, 0.3) is 0 Å². The maximum atomic E-state index is 11.9. The lowest BCUT2D eigenvalue weighted by atomic mass is 10.0. The van der Waals surface area contributed by atoms with E-state index in [1.807, 2.05) is 30.3 Å². The quantitative estimate of drug-likeness (QED) is 0.467. The molecule has 0 heterocycles. The Hall–Kier alpha value is -3.02. The number of benzene rings is 2. The number of rotatable bonds is 10. The summed E-state index contributed by atoms with van der Waals surface area (Å²) in [4.78, 5) is 17.9. The number of amides is 1. The second kappa shape index (κ2) is 12.5. The minimum absolute atomic E-state index is 0.0227. The number of hydrogen-bond acceptors (Lipinski definition) is 3. The van der Waals surface area contributed by atoms with Crippen molar-refractivity contribution >= 4 is 11.9 Å². The van der Waals surface area contributed by atoms with Crippen LogP contribution in [0.15, 0.2) is 59.6 Å². The fourth-order valence-electron chi connectivity index (χ4n) is 2.94. The Balaban J connectivity index is 1.88. The minimum atomic E-state index is -0.0227. The number of nitrogens with zero attached hydrogens (tertiary/aromatic N) is 2. The van der Waals surface area contributed by atoms with E-state index < -0.39 is 0 Å². The third kappa shape index (κ3) is 8.55. The Bertz CT molecular complexity index is 789. The Kier molecular flexibility index (Phi) is 9.71. The first-order valence-corrected chi connectivity index (χ1v) is 10.4. The summed E-state index contributed by atoms with van der Waals surface area (Å²) in [5, 5.41) is 6.73. The molecule has 0 bridgehead atoms. The molecule has 2 aromatic carbocycles. The first kappa shape index (κ1) is 23.3. The standard InChI is InChI=1S/C24H34N4O2/c1-19(16-21-10-12-22(30-4)13-11-21)17-26-24(27-18-23(29)28(2)3)25-15-14-20-8-6-5-7-9-20/h5-13,19H,14-18H2,1-4H3,(H2,25,26,27). The van der Waals surface area contributed by atoms with Crippen LogP contribution in [-0.4, -0.2) is 57.6 Å². The minimum Gasteiger partial charge on any atom is -0.497 e. The molecule has 1 unspecified atom stereocenters. The number of carbonyl (C=O) groups is 1. The summed E-state index contributed by atoms with van der Waals surface area (Å²) in [5.74, 6) is 1.92. The normalized spacial score (nSPS) is 12.2. The summed E-state index contributed by atoms with van der Waals surface area (Å²) >= 11 is 0. The zero-order valence-electron chi connectivity index (χ0n) is 18.5. The van der Waals surface area contributed by atoms with Crippen LogP contribution < -0.4 is 15.4 Å². The van der Waals surface area contributed by atoms with Gasteiger partial charge in [0.1, 0.15) is 12.3 Å². The number of methoxy groups -OCH3 is 1. The molecule has 0 aliphatic carbocycles. The monoisotopic (exact) mass is 410 g/mol. The molecule has 1 amide bonds. The van der Waals surface area contributed by atoms with Gasteiger partial charge in [0, 0.05) is 27.2 Å². The average molecular weight is 411 g/mol. The Labute approximate surface area is 180 Å². The molecule has 2 rings (SSSR count). The molecule has 0 fully saturated rings. The number of guanidine groups is 1. The largest absolute Gasteiger partial charge is 0.497 e. The lowest BCUT2D eigenvalue weighted by Gasteiger charge is -2.17. The predicted octanol–water partition coefficient (Wildman–Crippen LogP) is 2.74. The maximum absolute atomic E-state index is 11.9. The molecular formula is C24H34N4O2. The van der Waals surface area contributed by atoms with Gasteiger partial charge in [0.2, 0.25) is 5.91 Å². The molecule has 0 aliphatic rings. The zero-order chi connectivity index (χ0) is 21.8. The lowest BCUT2D eigenvalue weighted by molar-refractivity contribution is -0.127. The molecule has 0 saturated carbocycles. The summed E-state index contributed by atoms with van der Waals surface area (Å²) in [7, 11) is 5.16. The summed E-state index contributed by atoms with van der Waals surface area (Å²) in [6, 6.07) is 18.5. The molecule has 6 heteroatoms. The molecule has 30 heavy (non-hydrogen) atoms. The summed E-state index contributed by atoms with van der Waals surface area (Å²) in [5.41, 5.74) is 2.53. The second-order valence-corrected chi connectivity index (χ2v) is 7.65. The van der Waals surface area contributed by atoms with Gasteiger partial charge in [-0.05, 0) is 42.0 Å². The highest BCUT2D eigenvalue weighted by atomic mass is 16.5. The van der Waals surface area contributed by atoms with Crippen LogP contribution in [0.25, 0.3) is 0 Å². The van der Waals surface area contributed by atoms with Crippen LogP contribution in [0.3, 0.4) is 0 Å². The number of carbonyl (C=O) groups excluding carboxylic acids is 1. The van der Waals surface area contributed by atoms with Crippen LogP contribution in [0.5, 0.6) is 5.75 Å². The van der Waals surface area contributed by atoms with E-state index in [0.717, 1.165) is 31.7 Å². The smallest absolute Gasteiger partial charge is 0.243 e. The fraction of sp³-hybridized carbons (Fsp3) is 0.417. The van der Waals surface area contributed by atoms with Gasteiger partial charge < -0.3 is 20.3 Å². The summed E-state index contributed by atoms with van der Waals surface area (Å²) < 4.78 is 5.22. The number of likely N-dealkylation sites (N-methyl/N-ethyl adjacent to an activating group) is 1. The number of ether oxygens (including phenoxy) is 1. The van der Waals surface area contributed by atoms with Crippen molar-refractivity contribution in [3.63, 3.8) is 0 Å². The van der Waals surface area contributed by atoms with Gasteiger partial charge in [-0.1, -0.05) is 49.4 Å². The fourth-order valence-corrected chi connectivity index (χ4v) is 2.94. The van der Waals surface area contributed by atoms with Crippen molar-refractivity contribution in [3.8, 4) is 5.75 Å². The lowest BCUT2D eigenvalue weighted by Crippen LogP contribution is -2.41. The molecule has 0 saturated heterocycles. The van der Waals surface area contributed by atoms with Gasteiger partial charge in [-0.3, -0.25) is 4.79 Å². The molecule has 1 atom stereocenters. The van der Waals surface area contributed by atoms with Gasteiger partial charge in [-0.25, -0.2) is 4.99 Å². The number of aliphatic imine (C=N–C) groups is 1. The van der Waals surface area contributed by atoms with E-state index in [1.165, 1.54) is 11.1 Å². The molecule has 2 aromatic rings. The van der Waals surface area contributed by atoms with Gasteiger partial charge in [0.15, 0.2) is 5.96 Å². The number of nitrogens with one attached hydrogen (secondary N) is 2. The molecule has 0 spiro atoms. The van der Waals surface area contributed by atoms with Crippen molar-refractivity contribution in [1.82, 2.24) is 15.5 Å². The van der Waals surface area contributed by atoms with E-state index >= 15 is 0 Å². The van der Waals surface area contributed by atoms with Gasteiger partial charge in [-0.15, -0.1) is 0 Å². The summed E-state index contributed by atoms with van der Waals surface area (Å²) in [6.45, 7) is 3.84. The predicted molar refractivity (Wildman–Crippen MR) is 123 cm³/mol. The van der Waals surface area contributed by atoms with Crippen LogP contribution in [0, 0.1) is 5.92 Å². The molecule has 2 N–H and O–H groups in total. The Morgan fingerprint density at radius 3 is 2.37 bits per heavy atom. The van der Waals surface area contributed by atoms with Gasteiger partial charge in [0.05, 0.1) is 7.11 Å². The highest BCUT2D eigenvalue weighted by Crippen LogP contribution is 2.14. The van der Waals surface area contributed by atoms with E-state index in [0.29, 0.717) is 11.9 Å². The van der Waals surface area contributed by atoms with Crippen molar-refractivity contribution in [2.75, 3.05) is 40.8 Å². The van der Waals surface area contributed by atoms with Crippen molar-refractivity contribution in [2.45, 2.75) is 19.8 Å². The molecule has 6 nitrogen and oxygen atoms in total. The highest BCUT2D eigenvalue weighted by molar-refractivity contribution is 5.84. The first-order valence-electron chi connectivity index (χ1n) is 10.4.